The zero-order valence-corrected chi connectivity index (χ0v) is 18.0. The molecule has 2 amide bonds. The number of benzene rings is 2. The van der Waals surface area contributed by atoms with Crippen LogP contribution in [0.2, 0.25) is 0 Å². The second-order valence-corrected chi connectivity index (χ2v) is 6.93. The molecular formula is C23H28N4O4. The van der Waals surface area contributed by atoms with Crippen molar-refractivity contribution in [2.24, 2.45) is 0 Å². The van der Waals surface area contributed by atoms with Gasteiger partial charge in [-0.3, -0.25) is 14.9 Å². The van der Waals surface area contributed by atoms with E-state index in [2.05, 4.69) is 20.6 Å². The average molecular weight is 425 g/mol. The van der Waals surface area contributed by atoms with Crippen molar-refractivity contribution in [1.82, 2.24) is 15.3 Å². The van der Waals surface area contributed by atoms with Gasteiger partial charge in [-0.1, -0.05) is 25.5 Å². The first-order chi connectivity index (χ1) is 15.0. The van der Waals surface area contributed by atoms with Crippen molar-refractivity contribution in [3.8, 4) is 11.5 Å². The van der Waals surface area contributed by atoms with E-state index < -0.39 is 6.04 Å². The molecule has 1 aromatic heterocycles. The van der Waals surface area contributed by atoms with Gasteiger partial charge in [0.2, 0.25) is 11.9 Å². The SMILES string of the molecule is CCCC(NC(=O)c1ccc(OCC)c(OCC)c1)C(=O)Nc1nc2ccccc2[nH]1. The fourth-order valence-electron chi connectivity index (χ4n) is 3.21. The number of anilines is 1. The fourth-order valence-corrected chi connectivity index (χ4v) is 3.21. The number of para-hydroxylation sites is 2. The number of H-pyrrole nitrogens is 1. The molecule has 31 heavy (non-hydrogen) atoms. The Hall–Kier alpha value is -3.55. The Bertz CT molecular complexity index is 1010. The van der Waals surface area contributed by atoms with Crippen LogP contribution in [0.25, 0.3) is 11.0 Å². The largest absolute Gasteiger partial charge is 0.490 e. The number of rotatable bonds is 10. The lowest BCUT2D eigenvalue weighted by molar-refractivity contribution is -0.118. The van der Waals surface area contributed by atoms with Crippen molar-refractivity contribution in [1.29, 1.82) is 0 Å². The molecule has 8 nitrogen and oxygen atoms in total. The highest BCUT2D eigenvalue weighted by molar-refractivity contribution is 6.01. The van der Waals surface area contributed by atoms with E-state index in [1.807, 2.05) is 45.0 Å². The molecule has 2 aromatic carbocycles. The Kier molecular flexibility index (Phi) is 7.48. The zero-order valence-electron chi connectivity index (χ0n) is 18.0. The molecule has 0 aliphatic heterocycles. The third kappa shape index (κ3) is 5.53. The van der Waals surface area contributed by atoms with Crippen molar-refractivity contribution in [3.05, 3.63) is 48.0 Å². The summed E-state index contributed by atoms with van der Waals surface area (Å²) in [7, 11) is 0. The van der Waals surface area contributed by atoms with E-state index in [0.29, 0.717) is 42.6 Å². The summed E-state index contributed by atoms with van der Waals surface area (Å²) >= 11 is 0. The Morgan fingerprint density at radius 3 is 2.48 bits per heavy atom. The number of aromatic nitrogens is 2. The van der Waals surface area contributed by atoms with Crippen molar-refractivity contribution >= 4 is 28.8 Å². The van der Waals surface area contributed by atoms with Gasteiger partial charge >= 0.3 is 0 Å². The van der Waals surface area contributed by atoms with E-state index in [4.69, 9.17) is 9.47 Å². The summed E-state index contributed by atoms with van der Waals surface area (Å²) in [5.74, 6) is 0.734. The number of carbonyl (C=O) groups excluding carboxylic acids is 2. The first-order valence-corrected chi connectivity index (χ1v) is 10.5. The minimum atomic E-state index is -0.701. The van der Waals surface area contributed by atoms with Gasteiger partial charge in [-0.25, -0.2) is 4.98 Å². The number of imidazole rings is 1. The maximum atomic E-state index is 12.8. The molecule has 3 N–H and O–H groups in total. The molecule has 3 rings (SSSR count). The Balaban J connectivity index is 1.73. The maximum Gasteiger partial charge on any atom is 0.252 e. The third-order valence-corrected chi connectivity index (χ3v) is 4.64. The van der Waals surface area contributed by atoms with Crippen molar-refractivity contribution in [2.75, 3.05) is 18.5 Å². The van der Waals surface area contributed by atoms with Crippen LogP contribution in [-0.2, 0) is 4.79 Å². The first kappa shape index (κ1) is 22.1. The van der Waals surface area contributed by atoms with Crippen LogP contribution in [0.4, 0.5) is 5.95 Å². The highest BCUT2D eigenvalue weighted by Crippen LogP contribution is 2.28. The van der Waals surface area contributed by atoms with Gasteiger partial charge in [-0.2, -0.15) is 0 Å². The molecule has 1 unspecified atom stereocenters. The molecule has 0 bridgehead atoms. The molecular weight excluding hydrogens is 396 g/mol. The standard InChI is InChI=1S/C23H28N4O4/c1-4-9-18(22(29)27-23-25-16-10-7-8-11-17(16)26-23)24-21(28)15-12-13-19(30-5-2)20(14-15)31-6-3/h7-8,10-14,18H,4-6,9H2,1-3H3,(H,24,28)(H2,25,26,27,29). The summed E-state index contributed by atoms with van der Waals surface area (Å²) in [5, 5.41) is 5.59. The second-order valence-electron chi connectivity index (χ2n) is 6.93. The van der Waals surface area contributed by atoms with E-state index in [-0.39, 0.29) is 11.8 Å². The number of ether oxygens (including phenoxy) is 2. The van der Waals surface area contributed by atoms with Crippen LogP contribution in [-0.4, -0.2) is 41.0 Å². The molecule has 0 saturated heterocycles. The quantitative estimate of drug-likeness (QED) is 0.458. The molecule has 0 spiro atoms. The van der Waals surface area contributed by atoms with Gasteiger partial charge in [0, 0.05) is 5.56 Å². The monoisotopic (exact) mass is 424 g/mol. The van der Waals surface area contributed by atoms with Gasteiger partial charge < -0.3 is 19.8 Å². The van der Waals surface area contributed by atoms with E-state index in [1.165, 1.54) is 0 Å². The molecule has 8 heteroatoms. The minimum Gasteiger partial charge on any atom is -0.490 e. The van der Waals surface area contributed by atoms with Crippen LogP contribution >= 0.6 is 0 Å². The van der Waals surface area contributed by atoms with Crippen molar-refractivity contribution in [2.45, 2.75) is 39.7 Å². The van der Waals surface area contributed by atoms with Crippen molar-refractivity contribution in [3.63, 3.8) is 0 Å². The van der Waals surface area contributed by atoms with Crippen LogP contribution in [0.3, 0.4) is 0 Å². The number of hydrogen-bond donors (Lipinski definition) is 3. The number of amides is 2. The summed E-state index contributed by atoms with van der Waals surface area (Å²) in [4.78, 5) is 33.1. The predicted molar refractivity (Wildman–Crippen MR) is 120 cm³/mol. The highest BCUT2D eigenvalue weighted by Gasteiger charge is 2.22. The normalized spacial score (nSPS) is 11.7. The third-order valence-electron chi connectivity index (χ3n) is 4.64. The van der Waals surface area contributed by atoms with Gasteiger partial charge in [0.25, 0.3) is 5.91 Å². The molecule has 164 valence electrons. The predicted octanol–water partition coefficient (Wildman–Crippen LogP) is 3.90. The van der Waals surface area contributed by atoms with Gasteiger partial charge in [-0.15, -0.1) is 0 Å². The molecule has 0 aliphatic rings. The molecule has 0 radical (unpaired) electrons. The number of nitrogens with one attached hydrogen (secondary N) is 3. The van der Waals surface area contributed by atoms with Crippen molar-refractivity contribution < 1.29 is 19.1 Å². The molecule has 0 aliphatic carbocycles. The van der Waals surface area contributed by atoms with Crippen LogP contribution in [0.15, 0.2) is 42.5 Å². The van der Waals surface area contributed by atoms with Gasteiger partial charge in [0.1, 0.15) is 6.04 Å². The first-order valence-electron chi connectivity index (χ1n) is 10.5. The summed E-state index contributed by atoms with van der Waals surface area (Å²) in [6.07, 6.45) is 1.22. The average Bonchev–Trinajstić information content (AvgIpc) is 3.17. The van der Waals surface area contributed by atoms with E-state index in [1.54, 1.807) is 18.2 Å². The number of carbonyl (C=O) groups is 2. The smallest absolute Gasteiger partial charge is 0.252 e. The topological polar surface area (TPSA) is 105 Å². The summed E-state index contributed by atoms with van der Waals surface area (Å²) in [6.45, 7) is 6.64. The number of hydrogen-bond acceptors (Lipinski definition) is 5. The Labute approximate surface area is 181 Å². The van der Waals surface area contributed by atoms with Gasteiger partial charge in [-0.05, 0) is 50.6 Å². The number of fused-ring (bicyclic) bond motifs is 1. The Morgan fingerprint density at radius 2 is 1.77 bits per heavy atom. The zero-order chi connectivity index (χ0) is 22.2. The van der Waals surface area contributed by atoms with E-state index in [9.17, 15) is 9.59 Å². The van der Waals surface area contributed by atoms with E-state index >= 15 is 0 Å². The molecule has 1 heterocycles. The lowest BCUT2D eigenvalue weighted by Crippen LogP contribution is -2.43. The van der Waals surface area contributed by atoms with Crippen LogP contribution in [0.5, 0.6) is 11.5 Å². The lowest BCUT2D eigenvalue weighted by Gasteiger charge is -2.18. The lowest BCUT2D eigenvalue weighted by atomic mass is 10.1. The summed E-state index contributed by atoms with van der Waals surface area (Å²) < 4.78 is 11.1. The number of nitrogens with zero attached hydrogens (tertiary/aromatic N) is 1. The minimum absolute atomic E-state index is 0.328. The second kappa shape index (κ2) is 10.5. The molecule has 0 fully saturated rings. The Morgan fingerprint density at radius 1 is 1.03 bits per heavy atom. The van der Waals surface area contributed by atoms with Crippen LogP contribution in [0, 0.1) is 0 Å². The van der Waals surface area contributed by atoms with Crippen LogP contribution < -0.4 is 20.1 Å². The van der Waals surface area contributed by atoms with Gasteiger partial charge in [0.15, 0.2) is 11.5 Å². The van der Waals surface area contributed by atoms with Gasteiger partial charge in [0.05, 0.1) is 24.2 Å². The van der Waals surface area contributed by atoms with E-state index in [0.717, 1.165) is 17.5 Å². The van der Waals surface area contributed by atoms with Crippen LogP contribution in [0.1, 0.15) is 44.0 Å². The molecule has 3 aromatic rings. The molecule has 0 saturated carbocycles. The maximum absolute atomic E-state index is 12.8. The highest BCUT2D eigenvalue weighted by atomic mass is 16.5. The summed E-state index contributed by atoms with van der Waals surface area (Å²) in [6, 6.07) is 11.8. The fraction of sp³-hybridized carbons (Fsp3) is 0.348. The number of aromatic amines is 1. The molecule has 1 atom stereocenters. The summed E-state index contributed by atoms with van der Waals surface area (Å²) in [5.41, 5.74) is 1.97.